The summed E-state index contributed by atoms with van der Waals surface area (Å²) in [6, 6.07) is 0. The molecule has 0 bridgehead atoms. The monoisotopic (exact) mass is 242 g/mol. The van der Waals surface area contributed by atoms with Crippen LogP contribution < -0.4 is 0 Å². The SMILES string of the molecule is CCOC(=O)C1=CSC(C2CCOCC2)C1. The predicted octanol–water partition coefficient (Wildman–Crippen LogP) is 2.37. The Kier molecular flexibility index (Phi) is 4.29. The van der Waals surface area contributed by atoms with Crippen LogP contribution in [0, 0.1) is 5.92 Å². The predicted molar refractivity (Wildman–Crippen MR) is 64.3 cm³/mol. The number of carbonyl (C=O) groups is 1. The van der Waals surface area contributed by atoms with Gasteiger partial charge in [0.1, 0.15) is 0 Å². The van der Waals surface area contributed by atoms with E-state index >= 15 is 0 Å². The minimum absolute atomic E-state index is 0.135. The van der Waals surface area contributed by atoms with Gasteiger partial charge in [-0.15, -0.1) is 11.8 Å². The zero-order valence-corrected chi connectivity index (χ0v) is 10.4. The molecule has 0 saturated carbocycles. The van der Waals surface area contributed by atoms with Crippen LogP contribution in [0.2, 0.25) is 0 Å². The lowest BCUT2D eigenvalue weighted by atomic mass is 9.92. The van der Waals surface area contributed by atoms with Crippen LogP contribution in [0.25, 0.3) is 0 Å². The summed E-state index contributed by atoms with van der Waals surface area (Å²) in [7, 11) is 0. The molecule has 0 aliphatic carbocycles. The highest BCUT2D eigenvalue weighted by Gasteiger charge is 2.30. The zero-order valence-electron chi connectivity index (χ0n) is 9.61. The number of hydrogen-bond acceptors (Lipinski definition) is 4. The van der Waals surface area contributed by atoms with Crippen molar-refractivity contribution >= 4 is 17.7 Å². The smallest absolute Gasteiger partial charge is 0.334 e. The van der Waals surface area contributed by atoms with Crippen molar-refractivity contribution in [1.82, 2.24) is 0 Å². The fraction of sp³-hybridized carbons (Fsp3) is 0.750. The molecule has 1 saturated heterocycles. The molecule has 0 aromatic rings. The molecule has 1 unspecified atom stereocenters. The van der Waals surface area contributed by atoms with Crippen LogP contribution >= 0.6 is 11.8 Å². The summed E-state index contributed by atoms with van der Waals surface area (Å²) in [6.07, 6.45) is 3.12. The van der Waals surface area contributed by atoms with E-state index in [0.717, 1.165) is 38.0 Å². The third-order valence-corrected chi connectivity index (χ3v) is 4.46. The summed E-state index contributed by atoms with van der Waals surface area (Å²) in [5.74, 6) is 0.562. The number of ether oxygens (including phenoxy) is 2. The highest BCUT2D eigenvalue weighted by Crippen LogP contribution is 2.39. The Morgan fingerprint density at radius 1 is 1.56 bits per heavy atom. The highest BCUT2D eigenvalue weighted by atomic mass is 32.2. The van der Waals surface area contributed by atoms with E-state index in [0.29, 0.717) is 17.8 Å². The first-order chi connectivity index (χ1) is 7.81. The summed E-state index contributed by atoms with van der Waals surface area (Å²) in [5.41, 5.74) is 0.850. The maximum atomic E-state index is 11.5. The molecule has 4 heteroatoms. The Hall–Kier alpha value is -0.480. The van der Waals surface area contributed by atoms with Crippen molar-refractivity contribution in [1.29, 1.82) is 0 Å². The van der Waals surface area contributed by atoms with Crippen molar-refractivity contribution in [2.75, 3.05) is 19.8 Å². The molecule has 2 aliphatic rings. The minimum atomic E-state index is -0.135. The molecule has 0 N–H and O–H groups in total. The molecule has 2 heterocycles. The molecule has 0 amide bonds. The first kappa shape index (κ1) is 12.0. The minimum Gasteiger partial charge on any atom is -0.463 e. The number of esters is 1. The fourth-order valence-electron chi connectivity index (χ4n) is 2.20. The molecule has 3 nitrogen and oxygen atoms in total. The van der Waals surface area contributed by atoms with Crippen molar-refractivity contribution in [3.05, 3.63) is 11.0 Å². The number of carbonyl (C=O) groups excluding carboxylic acids is 1. The molecule has 0 aromatic heterocycles. The topological polar surface area (TPSA) is 35.5 Å². The summed E-state index contributed by atoms with van der Waals surface area (Å²) in [5, 5.41) is 2.54. The number of thioether (sulfide) groups is 1. The summed E-state index contributed by atoms with van der Waals surface area (Å²) < 4.78 is 10.4. The third-order valence-electron chi connectivity index (χ3n) is 3.14. The Morgan fingerprint density at radius 2 is 2.31 bits per heavy atom. The first-order valence-electron chi connectivity index (χ1n) is 5.90. The summed E-state index contributed by atoms with van der Waals surface area (Å²) in [4.78, 5) is 11.5. The van der Waals surface area contributed by atoms with Gasteiger partial charge in [0.15, 0.2) is 0 Å². The van der Waals surface area contributed by atoms with Crippen molar-refractivity contribution in [2.45, 2.75) is 31.4 Å². The van der Waals surface area contributed by atoms with Gasteiger partial charge in [-0.3, -0.25) is 0 Å². The van der Waals surface area contributed by atoms with E-state index in [9.17, 15) is 4.79 Å². The zero-order chi connectivity index (χ0) is 11.4. The van der Waals surface area contributed by atoms with E-state index in [-0.39, 0.29) is 5.97 Å². The Labute approximate surface area is 101 Å². The second kappa shape index (κ2) is 5.73. The molecule has 2 rings (SSSR count). The van der Waals surface area contributed by atoms with Crippen LogP contribution in [-0.4, -0.2) is 31.0 Å². The van der Waals surface area contributed by atoms with Gasteiger partial charge in [-0.2, -0.15) is 0 Å². The van der Waals surface area contributed by atoms with Gasteiger partial charge in [0.25, 0.3) is 0 Å². The van der Waals surface area contributed by atoms with Crippen molar-refractivity contribution in [3.63, 3.8) is 0 Å². The lowest BCUT2D eigenvalue weighted by Gasteiger charge is -2.26. The summed E-state index contributed by atoms with van der Waals surface area (Å²) in [6.45, 7) is 4.05. The average molecular weight is 242 g/mol. The highest BCUT2D eigenvalue weighted by molar-refractivity contribution is 8.03. The van der Waals surface area contributed by atoms with E-state index in [1.54, 1.807) is 11.8 Å². The Bertz CT molecular complexity index is 282. The Balaban J connectivity index is 1.83. The maximum Gasteiger partial charge on any atom is 0.334 e. The van der Waals surface area contributed by atoms with Crippen LogP contribution in [0.15, 0.2) is 11.0 Å². The third kappa shape index (κ3) is 2.80. The molecular formula is C12H18O3S. The molecule has 2 aliphatic heterocycles. The van der Waals surface area contributed by atoms with Gasteiger partial charge in [0, 0.05) is 24.0 Å². The standard InChI is InChI=1S/C12H18O3S/c1-2-15-12(13)10-7-11(16-8-10)9-3-5-14-6-4-9/h8-9,11H,2-7H2,1H3. The van der Waals surface area contributed by atoms with Crippen LogP contribution in [0.1, 0.15) is 26.2 Å². The van der Waals surface area contributed by atoms with Crippen LogP contribution in [0.4, 0.5) is 0 Å². The summed E-state index contributed by atoms with van der Waals surface area (Å²) >= 11 is 1.79. The second-order valence-electron chi connectivity index (χ2n) is 4.19. The fourth-order valence-corrected chi connectivity index (χ4v) is 3.50. The van der Waals surface area contributed by atoms with Gasteiger partial charge >= 0.3 is 5.97 Å². The Morgan fingerprint density at radius 3 is 3.00 bits per heavy atom. The lowest BCUT2D eigenvalue weighted by Crippen LogP contribution is -2.24. The largest absolute Gasteiger partial charge is 0.463 e. The van der Waals surface area contributed by atoms with Gasteiger partial charge in [-0.25, -0.2) is 4.79 Å². The number of hydrogen-bond donors (Lipinski definition) is 0. The van der Waals surface area contributed by atoms with Crippen LogP contribution in [0.5, 0.6) is 0 Å². The number of rotatable bonds is 3. The van der Waals surface area contributed by atoms with Gasteiger partial charge < -0.3 is 9.47 Å². The first-order valence-corrected chi connectivity index (χ1v) is 6.85. The van der Waals surface area contributed by atoms with E-state index in [1.165, 1.54) is 0 Å². The molecule has 16 heavy (non-hydrogen) atoms. The molecule has 90 valence electrons. The van der Waals surface area contributed by atoms with Crippen molar-refractivity contribution in [2.24, 2.45) is 5.92 Å². The molecule has 1 fully saturated rings. The van der Waals surface area contributed by atoms with E-state index < -0.39 is 0 Å². The van der Waals surface area contributed by atoms with Crippen LogP contribution in [0.3, 0.4) is 0 Å². The average Bonchev–Trinajstić information content (AvgIpc) is 2.80. The second-order valence-corrected chi connectivity index (χ2v) is 5.31. The normalized spacial score (nSPS) is 26.6. The maximum absolute atomic E-state index is 11.5. The van der Waals surface area contributed by atoms with Gasteiger partial charge in [0.2, 0.25) is 0 Å². The quantitative estimate of drug-likeness (QED) is 0.712. The van der Waals surface area contributed by atoms with Crippen LogP contribution in [-0.2, 0) is 14.3 Å². The van der Waals surface area contributed by atoms with E-state index in [2.05, 4.69) is 0 Å². The molecule has 0 radical (unpaired) electrons. The molecule has 0 spiro atoms. The van der Waals surface area contributed by atoms with E-state index in [1.807, 2.05) is 12.3 Å². The van der Waals surface area contributed by atoms with Gasteiger partial charge in [0.05, 0.1) is 6.61 Å². The van der Waals surface area contributed by atoms with Gasteiger partial charge in [-0.05, 0) is 37.5 Å². The van der Waals surface area contributed by atoms with Crippen molar-refractivity contribution in [3.8, 4) is 0 Å². The molecule has 1 atom stereocenters. The molecular weight excluding hydrogens is 224 g/mol. The van der Waals surface area contributed by atoms with E-state index in [4.69, 9.17) is 9.47 Å². The van der Waals surface area contributed by atoms with Gasteiger partial charge in [-0.1, -0.05) is 0 Å². The van der Waals surface area contributed by atoms with Crippen molar-refractivity contribution < 1.29 is 14.3 Å². The molecule has 0 aromatic carbocycles. The lowest BCUT2D eigenvalue weighted by molar-refractivity contribution is -0.138.